The molecule has 0 aliphatic rings. The number of hydrogen-bond acceptors (Lipinski definition) is 4. The minimum atomic E-state index is -0.212. The first-order valence-electron chi connectivity index (χ1n) is 12.9. The summed E-state index contributed by atoms with van der Waals surface area (Å²) in [5.74, 6) is -0.408. The molecule has 4 heteroatoms. The molecule has 0 N–H and O–H groups in total. The molecule has 1 unspecified atom stereocenters. The topological polar surface area (TPSA) is 52.6 Å². The standard InChI is InChI=1S/C26H50O4/c1-4-6-7-8-9-10-11-12-13-14-15-16-17-18-23-29-25(27)21-19-22-26(28)30-24(3)20-5-2/h24H,4-23H2,1-3H3. The van der Waals surface area contributed by atoms with Gasteiger partial charge in [-0.05, 0) is 26.2 Å². The van der Waals surface area contributed by atoms with Gasteiger partial charge in [-0.2, -0.15) is 0 Å². The van der Waals surface area contributed by atoms with Crippen LogP contribution in [-0.4, -0.2) is 24.6 Å². The molecule has 0 saturated carbocycles. The van der Waals surface area contributed by atoms with Crippen LogP contribution in [0.5, 0.6) is 0 Å². The van der Waals surface area contributed by atoms with Crippen LogP contribution in [0.3, 0.4) is 0 Å². The molecule has 1 atom stereocenters. The molecule has 0 saturated heterocycles. The molecule has 0 aromatic carbocycles. The predicted octanol–water partition coefficient (Wildman–Crippen LogP) is 7.91. The Labute approximate surface area is 186 Å². The van der Waals surface area contributed by atoms with Crippen molar-refractivity contribution in [3.63, 3.8) is 0 Å². The lowest BCUT2D eigenvalue weighted by atomic mass is 10.0. The molecule has 0 aliphatic heterocycles. The number of carbonyl (C=O) groups is 2. The van der Waals surface area contributed by atoms with E-state index in [-0.39, 0.29) is 18.0 Å². The molecule has 0 rings (SSSR count). The first-order chi connectivity index (χ1) is 14.6. The van der Waals surface area contributed by atoms with E-state index in [0.29, 0.717) is 25.9 Å². The van der Waals surface area contributed by atoms with Crippen molar-refractivity contribution in [2.75, 3.05) is 6.61 Å². The largest absolute Gasteiger partial charge is 0.466 e. The maximum Gasteiger partial charge on any atom is 0.306 e. The van der Waals surface area contributed by atoms with Gasteiger partial charge in [0.1, 0.15) is 0 Å². The van der Waals surface area contributed by atoms with Gasteiger partial charge >= 0.3 is 11.9 Å². The fourth-order valence-electron chi connectivity index (χ4n) is 3.68. The summed E-state index contributed by atoms with van der Waals surface area (Å²) in [5.41, 5.74) is 0. The summed E-state index contributed by atoms with van der Waals surface area (Å²) in [6.45, 7) is 6.75. The molecule has 4 nitrogen and oxygen atoms in total. The Kier molecular flexibility index (Phi) is 21.8. The highest BCUT2D eigenvalue weighted by atomic mass is 16.5. The van der Waals surface area contributed by atoms with Crippen molar-refractivity contribution in [2.45, 2.75) is 149 Å². The van der Waals surface area contributed by atoms with Crippen molar-refractivity contribution in [3.05, 3.63) is 0 Å². The van der Waals surface area contributed by atoms with Crippen LogP contribution >= 0.6 is 0 Å². The molecule has 0 heterocycles. The van der Waals surface area contributed by atoms with Gasteiger partial charge in [-0.1, -0.05) is 104 Å². The number of rotatable bonds is 22. The predicted molar refractivity (Wildman–Crippen MR) is 126 cm³/mol. The minimum absolute atomic E-state index is 0.0326. The molecular formula is C26H50O4. The third-order valence-electron chi connectivity index (χ3n) is 5.55. The second-order valence-electron chi connectivity index (χ2n) is 8.76. The summed E-state index contributed by atoms with van der Waals surface area (Å²) in [6.07, 6.45) is 21.4. The smallest absolute Gasteiger partial charge is 0.306 e. The summed E-state index contributed by atoms with van der Waals surface area (Å²) in [7, 11) is 0. The van der Waals surface area contributed by atoms with E-state index in [1.807, 2.05) is 6.92 Å². The molecule has 0 fully saturated rings. The van der Waals surface area contributed by atoms with Gasteiger partial charge in [-0.25, -0.2) is 0 Å². The van der Waals surface area contributed by atoms with Crippen molar-refractivity contribution >= 4 is 11.9 Å². The van der Waals surface area contributed by atoms with Crippen molar-refractivity contribution in [3.8, 4) is 0 Å². The number of esters is 2. The Balaban J connectivity index is 3.29. The zero-order chi connectivity index (χ0) is 22.3. The van der Waals surface area contributed by atoms with Crippen LogP contribution in [0.1, 0.15) is 143 Å². The van der Waals surface area contributed by atoms with E-state index in [2.05, 4.69) is 13.8 Å². The van der Waals surface area contributed by atoms with Crippen LogP contribution in [0.15, 0.2) is 0 Å². The van der Waals surface area contributed by atoms with Gasteiger partial charge in [-0.3, -0.25) is 9.59 Å². The molecular weight excluding hydrogens is 376 g/mol. The van der Waals surface area contributed by atoms with E-state index in [9.17, 15) is 9.59 Å². The lowest BCUT2D eigenvalue weighted by molar-refractivity contribution is -0.149. The van der Waals surface area contributed by atoms with Crippen molar-refractivity contribution in [1.29, 1.82) is 0 Å². The van der Waals surface area contributed by atoms with Crippen LogP contribution in [0.4, 0.5) is 0 Å². The van der Waals surface area contributed by atoms with E-state index in [1.54, 1.807) is 0 Å². The van der Waals surface area contributed by atoms with Crippen LogP contribution in [0.2, 0.25) is 0 Å². The van der Waals surface area contributed by atoms with Crippen LogP contribution in [0.25, 0.3) is 0 Å². The van der Waals surface area contributed by atoms with Crippen LogP contribution in [-0.2, 0) is 19.1 Å². The van der Waals surface area contributed by atoms with Gasteiger partial charge < -0.3 is 9.47 Å². The van der Waals surface area contributed by atoms with Crippen LogP contribution < -0.4 is 0 Å². The first kappa shape index (κ1) is 28.9. The summed E-state index contributed by atoms with van der Waals surface area (Å²) < 4.78 is 10.5. The Morgan fingerprint density at radius 1 is 0.600 bits per heavy atom. The monoisotopic (exact) mass is 426 g/mol. The highest BCUT2D eigenvalue weighted by Crippen LogP contribution is 2.13. The molecule has 0 aliphatic carbocycles. The number of ether oxygens (including phenoxy) is 2. The molecule has 30 heavy (non-hydrogen) atoms. The summed E-state index contributed by atoms with van der Waals surface area (Å²) in [4.78, 5) is 23.4. The Hall–Kier alpha value is -1.06. The van der Waals surface area contributed by atoms with Gasteiger partial charge in [0.2, 0.25) is 0 Å². The zero-order valence-electron chi connectivity index (χ0n) is 20.4. The third kappa shape index (κ3) is 21.6. The van der Waals surface area contributed by atoms with Crippen molar-refractivity contribution < 1.29 is 19.1 Å². The molecule has 0 amide bonds. The number of unbranched alkanes of at least 4 members (excludes halogenated alkanes) is 13. The quantitative estimate of drug-likeness (QED) is 0.130. The number of carbonyl (C=O) groups excluding carboxylic acids is 2. The molecule has 0 bridgehead atoms. The lowest BCUT2D eigenvalue weighted by Crippen LogP contribution is -2.15. The van der Waals surface area contributed by atoms with E-state index in [4.69, 9.17) is 9.47 Å². The second kappa shape index (κ2) is 22.6. The van der Waals surface area contributed by atoms with Gasteiger partial charge in [-0.15, -0.1) is 0 Å². The highest BCUT2D eigenvalue weighted by molar-refractivity contribution is 5.72. The SMILES string of the molecule is CCCCCCCCCCCCCCCCOC(=O)CCCC(=O)OC(C)CCC. The van der Waals surface area contributed by atoms with Crippen molar-refractivity contribution in [1.82, 2.24) is 0 Å². The molecule has 0 radical (unpaired) electrons. The van der Waals surface area contributed by atoms with E-state index >= 15 is 0 Å². The highest BCUT2D eigenvalue weighted by Gasteiger charge is 2.10. The second-order valence-corrected chi connectivity index (χ2v) is 8.76. The summed E-state index contributed by atoms with van der Waals surface area (Å²) in [6, 6.07) is 0. The maximum absolute atomic E-state index is 11.7. The Morgan fingerprint density at radius 2 is 1.07 bits per heavy atom. The fraction of sp³-hybridized carbons (Fsp3) is 0.923. The van der Waals surface area contributed by atoms with E-state index in [0.717, 1.165) is 25.7 Å². The lowest BCUT2D eigenvalue weighted by Gasteiger charge is -2.11. The third-order valence-corrected chi connectivity index (χ3v) is 5.55. The summed E-state index contributed by atoms with van der Waals surface area (Å²) >= 11 is 0. The minimum Gasteiger partial charge on any atom is -0.466 e. The van der Waals surface area contributed by atoms with Crippen LogP contribution in [0, 0.1) is 0 Å². The van der Waals surface area contributed by atoms with E-state index in [1.165, 1.54) is 77.0 Å². The van der Waals surface area contributed by atoms with Gasteiger partial charge in [0.05, 0.1) is 12.7 Å². The summed E-state index contributed by atoms with van der Waals surface area (Å²) in [5, 5.41) is 0. The Bertz CT molecular complexity index is 394. The van der Waals surface area contributed by atoms with E-state index < -0.39 is 0 Å². The zero-order valence-corrected chi connectivity index (χ0v) is 20.4. The van der Waals surface area contributed by atoms with Gasteiger partial charge in [0.25, 0.3) is 0 Å². The number of hydrogen-bond donors (Lipinski definition) is 0. The first-order valence-corrected chi connectivity index (χ1v) is 12.9. The maximum atomic E-state index is 11.7. The fourth-order valence-corrected chi connectivity index (χ4v) is 3.68. The average molecular weight is 427 g/mol. The van der Waals surface area contributed by atoms with Crippen molar-refractivity contribution in [2.24, 2.45) is 0 Å². The molecule has 0 aromatic rings. The van der Waals surface area contributed by atoms with Gasteiger partial charge in [0.15, 0.2) is 0 Å². The Morgan fingerprint density at radius 3 is 1.57 bits per heavy atom. The average Bonchev–Trinajstić information content (AvgIpc) is 2.71. The molecule has 0 spiro atoms. The molecule has 178 valence electrons. The normalized spacial score (nSPS) is 12.0. The van der Waals surface area contributed by atoms with Gasteiger partial charge in [0, 0.05) is 12.8 Å². The molecule has 0 aromatic heterocycles.